The van der Waals surface area contributed by atoms with Crippen molar-refractivity contribution < 1.29 is 13.9 Å². The first-order valence-electron chi connectivity index (χ1n) is 18.1. The van der Waals surface area contributed by atoms with Crippen LogP contribution in [0.4, 0.5) is 17.1 Å². The van der Waals surface area contributed by atoms with Crippen LogP contribution in [-0.4, -0.2) is 56.4 Å². The maximum atomic E-state index is 14.6. The van der Waals surface area contributed by atoms with Gasteiger partial charge in [-0.2, -0.15) is 5.10 Å². The van der Waals surface area contributed by atoms with Crippen molar-refractivity contribution in [3.63, 3.8) is 0 Å². The van der Waals surface area contributed by atoms with Crippen LogP contribution in [0.25, 0.3) is 11.0 Å². The molecule has 51 heavy (non-hydrogen) atoms. The lowest BCUT2D eigenvalue weighted by Gasteiger charge is -2.42. The third-order valence-corrected chi connectivity index (χ3v) is 10.4. The minimum absolute atomic E-state index is 0.248. The summed E-state index contributed by atoms with van der Waals surface area (Å²) in [6.45, 7) is 17.8. The van der Waals surface area contributed by atoms with Crippen LogP contribution >= 0.6 is 0 Å². The van der Waals surface area contributed by atoms with Crippen molar-refractivity contribution in [2.24, 2.45) is 5.10 Å². The van der Waals surface area contributed by atoms with Gasteiger partial charge in [-0.05, 0) is 77.9 Å². The number of carbonyl (C=O) groups excluding carboxylic acids is 1. The van der Waals surface area contributed by atoms with E-state index in [1.165, 1.54) is 11.2 Å². The van der Waals surface area contributed by atoms with E-state index in [-0.39, 0.29) is 11.5 Å². The van der Waals surface area contributed by atoms with Crippen LogP contribution in [0.15, 0.2) is 99.2 Å². The summed E-state index contributed by atoms with van der Waals surface area (Å²) in [4.78, 5) is 34.7. The van der Waals surface area contributed by atoms with Gasteiger partial charge in [0, 0.05) is 102 Å². The quantitative estimate of drug-likeness (QED) is 0.103. The van der Waals surface area contributed by atoms with E-state index in [0.717, 1.165) is 78.4 Å². The van der Waals surface area contributed by atoms with Gasteiger partial charge in [-0.25, -0.2) is 9.80 Å². The lowest BCUT2D eigenvalue weighted by atomic mass is 9.75. The van der Waals surface area contributed by atoms with Crippen molar-refractivity contribution in [1.29, 1.82) is 0 Å². The third-order valence-electron chi connectivity index (χ3n) is 10.4. The van der Waals surface area contributed by atoms with Gasteiger partial charge in [-0.15, -0.1) is 0 Å². The summed E-state index contributed by atoms with van der Waals surface area (Å²) >= 11 is 0. The fourth-order valence-corrected chi connectivity index (χ4v) is 7.76. The minimum Gasteiger partial charge on any atom is -0.456 e. The number of carbonyl (C=O) groups is 1. The molecular weight excluding hydrogens is 638 g/mol. The molecule has 2 aliphatic rings. The molecular formula is C42H45N5O4. The van der Waals surface area contributed by atoms with E-state index in [4.69, 9.17) is 14.3 Å². The largest absolute Gasteiger partial charge is 0.456 e. The summed E-state index contributed by atoms with van der Waals surface area (Å²) in [5.74, 6) is 1.04. The summed E-state index contributed by atoms with van der Waals surface area (Å²) in [6, 6.07) is 27.7. The first kappa shape index (κ1) is 33.9. The number of rotatable bonds is 11. The normalized spacial score (nSPS) is 14.1. The smallest absolute Gasteiger partial charge is 0.345 e. The molecule has 1 amide bonds. The highest BCUT2D eigenvalue weighted by Gasteiger charge is 2.57. The van der Waals surface area contributed by atoms with E-state index in [9.17, 15) is 9.59 Å². The highest BCUT2D eigenvalue weighted by atomic mass is 16.5. The zero-order valence-electron chi connectivity index (χ0n) is 30.3. The predicted molar refractivity (Wildman–Crippen MR) is 206 cm³/mol. The molecule has 4 aromatic carbocycles. The molecule has 262 valence electrons. The van der Waals surface area contributed by atoms with Crippen molar-refractivity contribution in [3.8, 4) is 11.5 Å². The Morgan fingerprint density at radius 3 is 1.75 bits per heavy atom. The molecule has 3 heterocycles. The zero-order valence-corrected chi connectivity index (χ0v) is 30.3. The van der Waals surface area contributed by atoms with Gasteiger partial charge in [0.15, 0.2) is 0 Å². The number of hydrazone groups is 1. The molecule has 0 fully saturated rings. The maximum absolute atomic E-state index is 14.6. The van der Waals surface area contributed by atoms with Gasteiger partial charge in [0.25, 0.3) is 5.91 Å². The Kier molecular flexibility index (Phi) is 9.06. The number of fused-ring (bicyclic) bond motifs is 7. The minimum atomic E-state index is -1.16. The second kappa shape index (κ2) is 13.6. The molecule has 1 aromatic heterocycles. The second-order valence-electron chi connectivity index (χ2n) is 12.8. The van der Waals surface area contributed by atoms with Crippen LogP contribution in [-0.2, 0) is 5.54 Å². The number of nitrogens with zero attached hydrogens (tertiary/aromatic N) is 5. The fourth-order valence-electron chi connectivity index (χ4n) is 7.76. The molecule has 0 bridgehead atoms. The van der Waals surface area contributed by atoms with E-state index in [2.05, 4.69) is 92.6 Å². The van der Waals surface area contributed by atoms with E-state index in [0.29, 0.717) is 22.6 Å². The Balaban J connectivity index is 1.43. The molecule has 5 aromatic rings. The summed E-state index contributed by atoms with van der Waals surface area (Å²) in [7, 11) is 0. The summed E-state index contributed by atoms with van der Waals surface area (Å²) in [5, 5.41) is 7.20. The predicted octanol–water partition coefficient (Wildman–Crippen LogP) is 8.22. The third kappa shape index (κ3) is 5.42. The Hall–Kier alpha value is -5.57. The van der Waals surface area contributed by atoms with Crippen molar-refractivity contribution in [1.82, 2.24) is 5.01 Å². The first-order chi connectivity index (χ1) is 24.8. The first-order valence-corrected chi connectivity index (χ1v) is 18.1. The second-order valence-corrected chi connectivity index (χ2v) is 12.8. The highest BCUT2D eigenvalue weighted by molar-refractivity contribution is 6.03. The molecule has 0 N–H and O–H groups in total. The van der Waals surface area contributed by atoms with E-state index >= 15 is 0 Å². The van der Waals surface area contributed by atoms with Crippen LogP contribution in [0.2, 0.25) is 0 Å². The monoisotopic (exact) mass is 683 g/mol. The van der Waals surface area contributed by atoms with Gasteiger partial charge in [0.2, 0.25) is 0 Å². The lowest BCUT2D eigenvalue weighted by molar-refractivity contribution is 0.0675. The molecule has 9 nitrogen and oxygen atoms in total. The Labute approximate surface area is 299 Å². The van der Waals surface area contributed by atoms with E-state index in [1.54, 1.807) is 6.07 Å². The van der Waals surface area contributed by atoms with Crippen molar-refractivity contribution in [2.45, 2.75) is 47.1 Å². The molecule has 0 radical (unpaired) electrons. The van der Waals surface area contributed by atoms with Crippen molar-refractivity contribution in [3.05, 3.63) is 123 Å². The molecule has 0 atom stereocenters. The topological polar surface area (TPSA) is 81.8 Å². The number of ether oxygens (including phenoxy) is 1. The Bertz CT molecular complexity index is 2130. The molecule has 1 spiro atoms. The molecule has 0 saturated heterocycles. The van der Waals surface area contributed by atoms with Crippen LogP contribution in [0, 0.1) is 0 Å². The van der Waals surface area contributed by atoms with Crippen LogP contribution in [0.1, 0.15) is 74.2 Å². The summed E-state index contributed by atoms with van der Waals surface area (Å²) < 4.78 is 12.6. The summed E-state index contributed by atoms with van der Waals surface area (Å²) in [5.41, 5.74) is 5.06. The van der Waals surface area contributed by atoms with Crippen molar-refractivity contribution >= 4 is 40.2 Å². The van der Waals surface area contributed by atoms with Crippen LogP contribution in [0.5, 0.6) is 11.5 Å². The Morgan fingerprint density at radius 2 is 1.18 bits per heavy atom. The molecule has 0 saturated carbocycles. The number of hydrogen-bond donors (Lipinski definition) is 0. The highest BCUT2D eigenvalue weighted by Crippen LogP contribution is 2.58. The lowest BCUT2D eigenvalue weighted by Crippen LogP contribution is -2.44. The van der Waals surface area contributed by atoms with E-state index < -0.39 is 11.2 Å². The van der Waals surface area contributed by atoms with Gasteiger partial charge in [0.05, 0.1) is 11.8 Å². The Morgan fingerprint density at radius 1 is 0.647 bits per heavy atom. The number of amides is 1. The van der Waals surface area contributed by atoms with E-state index in [1.807, 2.05) is 42.5 Å². The van der Waals surface area contributed by atoms with Crippen LogP contribution in [0.3, 0.4) is 0 Å². The fraction of sp³-hybridized carbons (Fsp3) is 0.310. The van der Waals surface area contributed by atoms with Gasteiger partial charge < -0.3 is 23.9 Å². The number of anilines is 3. The standard InChI is InChI=1S/C42H45N5O4/c1-7-44(8-2)30-18-17-28-23-29(41(49)51-37(28)24-30)27-43-47-40(48)33-15-13-14-16-34(33)42(47)35-21-19-31(45(9-3)10-4)25-38(35)50-39-26-32(20-22-36(39)42)46(11-5)12-6/h13-27H,7-12H2,1-6H3/b43-27+. The van der Waals surface area contributed by atoms with Gasteiger partial charge in [0.1, 0.15) is 22.6 Å². The average Bonchev–Trinajstić information content (AvgIpc) is 3.39. The number of hydrogen-bond acceptors (Lipinski definition) is 8. The SMILES string of the molecule is CCN(CC)c1ccc2c(c1)Oc1cc(N(CC)CC)ccc1C21c2ccccc2C(=O)N1/N=C/c1cc2ccc(N(CC)CC)cc2oc1=O. The zero-order chi connectivity index (χ0) is 35.9. The van der Waals surface area contributed by atoms with Gasteiger partial charge in [-0.3, -0.25) is 4.79 Å². The van der Waals surface area contributed by atoms with Gasteiger partial charge >= 0.3 is 5.63 Å². The average molecular weight is 684 g/mol. The molecule has 9 heteroatoms. The maximum Gasteiger partial charge on any atom is 0.345 e. The molecule has 2 aliphatic heterocycles. The number of benzene rings is 4. The summed E-state index contributed by atoms with van der Waals surface area (Å²) in [6.07, 6.45) is 1.46. The van der Waals surface area contributed by atoms with Crippen molar-refractivity contribution in [2.75, 3.05) is 54.0 Å². The molecule has 0 unspecified atom stereocenters. The van der Waals surface area contributed by atoms with Crippen LogP contribution < -0.4 is 25.1 Å². The molecule has 7 rings (SSSR count). The van der Waals surface area contributed by atoms with Gasteiger partial charge in [-0.1, -0.05) is 30.3 Å². The molecule has 0 aliphatic carbocycles.